The first-order valence-electron chi connectivity index (χ1n) is 8.23. The molecular formula is C17H21N5O2S. The van der Waals surface area contributed by atoms with Gasteiger partial charge in [-0.05, 0) is 24.2 Å². The molecule has 1 N–H and O–H groups in total. The second-order valence-corrected chi connectivity index (χ2v) is 8.01. The monoisotopic (exact) mass is 359 g/mol. The number of benzene rings is 1. The molecule has 1 aliphatic rings. The lowest BCUT2D eigenvalue weighted by atomic mass is 10.2. The van der Waals surface area contributed by atoms with E-state index in [1.165, 1.54) is 4.31 Å². The molecule has 0 saturated carbocycles. The van der Waals surface area contributed by atoms with E-state index in [4.69, 9.17) is 5.26 Å². The van der Waals surface area contributed by atoms with E-state index in [1.807, 2.05) is 6.07 Å². The van der Waals surface area contributed by atoms with Crippen LogP contribution in [0.1, 0.15) is 29.9 Å². The van der Waals surface area contributed by atoms with Gasteiger partial charge in [-0.2, -0.15) is 9.57 Å². The Balaban J connectivity index is 1.79. The first-order chi connectivity index (χ1) is 12.0. The zero-order valence-electron chi connectivity index (χ0n) is 14.1. The van der Waals surface area contributed by atoms with E-state index in [-0.39, 0.29) is 11.8 Å². The van der Waals surface area contributed by atoms with Crippen LogP contribution in [0.15, 0.2) is 36.7 Å². The highest BCUT2D eigenvalue weighted by Gasteiger charge is 2.34. The molecule has 0 aliphatic carbocycles. The van der Waals surface area contributed by atoms with E-state index in [2.05, 4.69) is 21.8 Å². The summed E-state index contributed by atoms with van der Waals surface area (Å²) in [7, 11) is -3.46. The fourth-order valence-corrected chi connectivity index (χ4v) is 4.69. The Morgan fingerprint density at radius 2 is 2.24 bits per heavy atom. The third kappa shape index (κ3) is 3.90. The third-order valence-corrected chi connectivity index (χ3v) is 6.31. The topological polar surface area (TPSA) is 93.1 Å². The molecule has 1 aliphatic heterocycles. The summed E-state index contributed by atoms with van der Waals surface area (Å²) in [5.74, 6) is 0.688. The predicted molar refractivity (Wildman–Crippen MR) is 93.9 cm³/mol. The summed E-state index contributed by atoms with van der Waals surface area (Å²) < 4.78 is 27.3. The Hall–Kier alpha value is -2.21. The van der Waals surface area contributed by atoms with Crippen molar-refractivity contribution in [2.75, 3.05) is 26.2 Å². The number of H-pyrrole nitrogens is 1. The van der Waals surface area contributed by atoms with Gasteiger partial charge >= 0.3 is 0 Å². The van der Waals surface area contributed by atoms with Crippen molar-refractivity contribution in [3.8, 4) is 6.07 Å². The molecule has 0 radical (unpaired) electrons. The summed E-state index contributed by atoms with van der Waals surface area (Å²) in [5.41, 5.74) is 1.10. The van der Waals surface area contributed by atoms with Crippen molar-refractivity contribution in [1.29, 1.82) is 5.26 Å². The van der Waals surface area contributed by atoms with Gasteiger partial charge in [0, 0.05) is 32.0 Å². The lowest BCUT2D eigenvalue weighted by molar-refractivity contribution is 0.119. The number of nitriles is 1. The number of likely N-dealkylation sites (N-methyl/N-ethyl adjacent to an activating group) is 1. The van der Waals surface area contributed by atoms with E-state index in [9.17, 15) is 8.42 Å². The Labute approximate surface area is 148 Å². The number of nitrogens with zero attached hydrogens (tertiary/aromatic N) is 4. The van der Waals surface area contributed by atoms with Crippen molar-refractivity contribution in [2.45, 2.75) is 18.7 Å². The largest absolute Gasteiger partial charge is 0.347 e. The second kappa shape index (κ2) is 7.35. The van der Waals surface area contributed by atoms with Crippen LogP contribution in [0.3, 0.4) is 0 Å². The minimum Gasteiger partial charge on any atom is -0.347 e. The molecule has 0 spiro atoms. The number of nitrogens with one attached hydrogen (secondary N) is 1. The Morgan fingerprint density at radius 3 is 2.92 bits per heavy atom. The summed E-state index contributed by atoms with van der Waals surface area (Å²) >= 11 is 0. The minimum atomic E-state index is -3.46. The maximum atomic E-state index is 12.9. The standard InChI is InChI=1S/C17H21N5O2S/c1-2-21-8-9-22(12-16(21)17-19-6-7-20-17)25(23,24)13-15-5-3-4-14(10-15)11-18/h3-7,10,16H,2,8-9,12-13H2,1H3,(H,19,20). The van der Waals surface area contributed by atoms with Gasteiger partial charge < -0.3 is 4.98 Å². The van der Waals surface area contributed by atoms with Crippen molar-refractivity contribution < 1.29 is 8.42 Å². The zero-order chi connectivity index (χ0) is 17.9. The van der Waals surface area contributed by atoms with Gasteiger partial charge in [-0.1, -0.05) is 19.1 Å². The molecular weight excluding hydrogens is 338 g/mol. The van der Waals surface area contributed by atoms with Gasteiger partial charge in [0.2, 0.25) is 10.0 Å². The SMILES string of the molecule is CCN1CCN(S(=O)(=O)Cc2cccc(C#N)c2)CC1c1ncc[nH]1. The molecule has 25 heavy (non-hydrogen) atoms. The van der Waals surface area contributed by atoms with Gasteiger partial charge in [0.1, 0.15) is 5.82 Å². The van der Waals surface area contributed by atoms with Gasteiger partial charge in [0.15, 0.2) is 0 Å². The van der Waals surface area contributed by atoms with Crippen LogP contribution in [0.5, 0.6) is 0 Å². The minimum absolute atomic E-state index is 0.0750. The number of imidazole rings is 1. The third-order valence-electron chi connectivity index (χ3n) is 4.49. The van der Waals surface area contributed by atoms with E-state index < -0.39 is 10.0 Å². The number of rotatable bonds is 5. The van der Waals surface area contributed by atoms with Gasteiger partial charge in [-0.3, -0.25) is 4.90 Å². The molecule has 1 aromatic heterocycles. The van der Waals surface area contributed by atoms with Crippen LogP contribution in [0.25, 0.3) is 0 Å². The molecule has 2 heterocycles. The average molecular weight is 359 g/mol. The molecule has 7 nitrogen and oxygen atoms in total. The maximum absolute atomic E-state index is 12.9. The highest BCUT2D eigenvalue weighted by Crippen LogP contribution is 2.25. The predicted octanol–water partition coefficient (Wildman–Crippen LogP) is 1.49. The normalized spacial score (nSPS) is 19.6. The molecule has 2 aromatic rings. The molecule has 3 rings (SSSR count). The number of piperazine rings is 1. The zero-order valence-corrected chi connectivity index (χ0v) is 14.9. The van der Waals surface area contributed by atoms with Crippen molar-refractivity contribution in [3.05, 3.63) is 53.6 Å². The second-order valence-electron chi connectivity index (χ2n) is 6.05. The van der Waals surface area contributed by atoms with Crippen molar-refractivity contribution in [3.63, 3.8) is 0 Å². The Bertz CT molecular complexity index is 857. The highest BCUT2D eigenvalue weighted by molar-refractivity contribution is 7.88. The summed E-state index contributed by atoms with van der Waals surface area (Å²) in [6, 6.07) is 8.72. The lowest BCUT2D eigenvalue weighted by Crippen LogP contribution is -2.50. The molecule has 1 unspecified atom stereocenters. The fourth-order valence-electron chi connectivity index (χ4n) is 3.18. The van der Waals surface area contributed by atoms with Gasteiger partial charge in [-0.25, -0.2) is 13.4 Å². The van der Waals surface area contributed by atoms with E-state index in [0.717, 1.165) is 12.4 Å². The lowest BCUT2D eigenvalue weighted by Gasteiger charge is -2.39. The van der Waals surface area contributed by atoms with Crippen molar-refractivity contribution >= 4 is 10.0 Å². The summed E-state index contributed by atoms with van der Waals surface area (Å²) in [6.45, 7) is 4.41. The Kier molecular flexibility index (Phi) is 5.18. The summed E-state index contributed by atoms with van der Waals surface area (Å²) in [6.07, 6.45) is 3.44. The van der Waals surface area contributed by atoms with E-state index in [0.29, 0.717) is 30.8 Å². The summed E-state index contributed by atoms with van der Waals surface area (Å²) in [4.78, 5) is 9.63. The molecule has 0 bridgehead atoms. The molecule has 1 aromatic carbocycles. The first kappa shape index (κ1) is 17.6. The van der Waals surface area contributed by atoms with Gasteiger partial charge in [0.05, 0.1) is 23.4 Å². The summed E-state index contributed by atoms with van der Waals surface area (Å²) in [5, 5.41) is 8.98. The van der Waals surface area contributed by atoms with Crippen LogP contribution in [0, 0.1) is 11.3 Å². The fraction of sp³-hybridized carbons (Fsp3) is 0.412. The van der Waals surface area contributed by atoms with Crippen LogP contribution < -0.4 is 0 Å². The number of aromatic nitrogens is 2. The maximum Gasteiger partial charge on any atom is 0.218 e. The van der Waals surface area contributed by atoms with Crippen molar-refractivity contribution in [2.24, 2.45) is 0 Å². The van der Waals surface area contributed by atoms with Gasteiger partial charge in [-0.15, -0.1) is 0 Å². The van der Waals surface area contributed by atoms with Crippen LogP contribution in [-0.2, 0) is 15.8 Å². The van der Waals surface area contributed by atoms with E-state index in [1.54, 1.807) is 36.7 Å². The molecule has 8 heteroatoms. The van der Waals surface area contributed by atoms with Crippen LogP contribution >= 0.6 is 0 Å². The number of hydrogen-bond acceptors (Lipinski definition) is 5. The highest BCUT2D eigenvalue weighted by atomic mass is 32.2. The molecule has 1 saturated heterocycles. The molecule has 1 atom stereocenters. The number of sulfonamides is 1. The van der Waals surface area contributed by atoms with Crippen LogP contribution in [0.4, 0.5) is 0 Å². The van der Waals surface area contributed by atoms with Gasteiger partial charge in [0.25, 0.3) is 0 Å². The van der Waals surface area contributed by atoms with Crippen LogP contribution in [-0.4, -0.2) is 53.8 Å². The average Bonchev–Trinajstić information content (AvgIpc) is 3.15. The molecule has 132 valence electrons. The quantitative estimate of drug-likeness (QED) is 0.873. The Morgan fingerprint density at radius 1 is 1.40 bits per heavy atom. The number of hydrogen-bond donors (Lipinski definition) is 1. The van der Waals surface area contributed by atoms with E-state index >= 15 is 0 Å². The number of aromatic amines is 1. The molecule has 0 amide bonds. The first-order valence-corrected chi connectivity index (χ1v) is 9.84. The molecule has 1 fully saturated rings. The van der Waals surface area contributed by atoms with Crippen LogP contribution in [0.2, 0.25) is 0 Å². The smallest absolute Gasteiger partial charge is 0.218 e. The van der Waals surface area contributed by atoms with Crippen molar-refractivity contribution in [1.82, 2.24) is 19.2 Å².